The van der Waals surface area contributed by atoms with Crippen LogP contribution < -0.4 is 0 Å². The van der Waals surface area contributed by atoms with Crippen molar-refractivity contribution in [1.82, 2.24) is 0 Å². The minimum Gasteiger partial charge on any atom is -0.376 e. The summed E-state index contributed by atoms with van der Waals surface area (Å²) in [6.07, 6.45) is -0.203. The van der Waals surface area contributed by atoms with Crippen LogP contribution in [0.3, 0.4) is 0 Å². The third-order valence-corrected chi connectivity index (χ3v) is 2.26. The summed E-state index contributed by atoms with van der Waals surface area (Å²) in [5.74, 6) is -0.219. The summed E-state index contributed by atoms with van der Waals surface area (Å²) in [5.41, 5.74) is 0.594. The van der Waals surface area contributed by atoms with Crippen molar-refractivity contribution >= 4 is 15.9 Å². The Balaban J connectivity index is 2.92. The molecule has 0 spiro atoms. The van der Waals surface area contributed by atoms with E-state index in [1.54, 1.807) is 25.3 Å². The Hall–Kier alpha value is -0.410. The quantitative estimate of drug-likeness (QED) is 0.729. The first-order valence-corrected chi connectivity index (χ1v) is 4.75. The Morgan fingerprint density at radius 1 is 1.50 bits per heavy atom. The minimum atomic E-state index is -0.219. The van der Waals surface area contributed by atoms with Gasteiger partial charge in [0.25, 0.3) is 0 Å². The molecule has 0 bridgehead atoms. The highest BCUT2D eigenvalue weighted by molar-refractivity contribution is 9.09. The van der Waals surface area contributed by atoms with Gasteiger partial charge in [-0.05, 0) is 6.07 Å². The fourth-order valence-corrected chi connectivity index (χ4v) is 1.62. The molecule has 0 fully saturated rings. The highest BCUT2D eigenvalue weighted by atomic mass is 79.9. The summed E-state index contributed by atoms with van der Waals surface area (Å²) in [7, 11) is 1.57. The zero-order valence-electron chi connectivity index (χ0n) is 6.76. The number of benzene rings is 1. The topological polar surface area (TPSA) is 9.23 Å². The first-order valence-electron chi connectivity index (χ1n) is 3.62. The van der Waals surface area contributed by atoms with Crippen LogP contribution in [0.25, 0.3) is 0 Å². The van der Waals surface area contributed by atoms with Crippen LogP contribution in [0.1, 0.15) is 11.7 Å². The van der Waals surface area contributed by atoms with Crippen molar-refractivity contribution < 1.29 is 9.13 Å². The second-order valence-electron chi connectivity index (χ2n) is 2.40. The monoisotopic (exact) mass is 232 g/mol. The molecule has 3 heteroatoms. The fourth-order valence-electron chi connectivity index (χ4n) is 1.01. The van der Waals surface area contributed by atoms with E-state index in [-0.39, 0.29) is 11.9 Å². The van der Waals surface area contributed by atoms with Gasteiger partial charge in [0, 0.05) is 18.0 Å². The van der Waals surface area contributed by atoms with E-state index >= 15 is 0 Å². The summed E-state index contributed by atoms with van der Waals surface area (Å²) in [6.45, 7) is 0. The van der Waals surface area contributed by atoms with Crippen LogP contribution in [-0.4, -0.2) is 12.4 Å². The maximum absolute atomic E-state index is 13.1. The number of ether oxygens (including phenoxy) is 1. The van der Waals surface area contributed by atoms with Crippen LogP contribution in [0, 0.1) is 5.82 Å². The molecule has 0 aromatic heterocycles. The molecule has 1 atom stereocenters. The number of rotatable bonds is 3. The molecule has 66 valence electrons. The molecule has 0 aliphatic carbocycles. The minimum absolute atomic E-state index is 0.203. The average Bonchev–Trinajstić information content (AvgIpc) is 2.10. The van der Waals surface area contributed by atoms with E-state index in [1.165, 1.54) is 6.07 Å². The molecule has 0 aliphatic rings. The van der Waals surface area contributed by atoms with Gasteiger partial charge in [0.05, 0.1) is 6.10 Å². The molecule has 1 aromatic rings. The van der Waals surface area contributed by atoms with Crippen LogP contribution in [0.4, 0.5) is 4.39 Å². The summed E-state index contributed by atoms with van der Waals surface area (Å²) >= 11 is 3.26. The number of hydrogen-bond acceptors (Lipinski definition) is 1. The maximum Gasteiger partial charge on any atom is 0.129 e. The number of methoxy groups -OCH3 is 1. The summed E-state index contributed by atoms with van der Waals surface area (Å²) < 4.78 is 18.2. The Labute approximate surface area is 79.7 Å². The second kappa shape index (κ2) is 4.58. The number of halogens is 2. The molecule has 0 saturated heterocycles. The lowest BCUT2D eigenvalue weighted by atomic mass is 10.1. The molecule has 0 radical (unpaired) electrons. The third kappa shape index (κ3) is 2.05. The standard InChI is InChI=1S/C9H10BrFO/c1-12-9(6-10)7-4-2-3-5-8(7)11/h2-5,9H,6H2,1H3/t9-/m1/s1. The largest absolute Gasteiger partial charge is 0.376 e. The lowest BCUT2D eigenvalue weighted by molar-refractivity contribution is 0.121. The molecule has 1 aromatic carbocycles. The van der Waals surface area contributed by atoms with Gasteiger partial charge in [-0.15, -0.1) is 0 Å². The van der Waals surface area contributed by atoms with E-state index in [2.05, 4.69) is 15.9 Å². The zero-order chi connectivity index (χ0) is 8.97. The van der Waals surface area contributed by atoms with Gasteiger partial charge in [-0.3, -0.25) is 0 Å². The van der Waals surface area contributed by atoms with E-state index in [9.17, 15) is 4.39 Å². The molecule has 1 rings (SSSR count). The lowest BCUT2D eigenvalue weighted by Crippen LogP contribution is -2.04. The SMILES string of the molecule is CO[C@H](CBr)c1ccccc1F. The van der Waals surface area contributed by atoms with Gasteiger partial charge in [-0.1, -0.05) is 34.1 Å². The Morgan fingerprint density at radius 2 is 2.17 bits per heavy atom. The van der Waals surface area contributed by atoms with Gasteiger partial charge in [0.15, 0.2) is 0 Å². The van der Waals surface area contributed by atoms with E-state index in [4.69, 9.17) is 4.74 Å². The van der Waals surface area contributed by atoms with E-state index in [1.807, 2.05) is 0 Å². The number of alkyl halides is 1. The van der Waals surface area contributed by atoms with Gasteiger partial charge < -0.3 is 4.74 Å². The van der Waals surface area contributed by atoms with Gasteiger partial charge in [-0.25, -0.2) is 4.39 Å². The lowest BCUT2D eigenvalue weighted by Gasteiger charge is -2.12. The first kappa shape index (κ1) is 9.68. The van der Waals surface area contributed by atoms with Gasteiger partial charge in [0.1, 0.15) is 5.82 Å². The maximum atomic E-state index is 13.1. The first-order chi connectivity index (χ1) is 5.79. The normalized spacial score (nSPS) is 12.9. The van der Waals surface area contributed by atoms with Crippen molar-refractivity contribution in [3.05, 3.63) is 35.6 Å². The van der Waals surface area contributed by atoms with Gasteiger partial charge >= 0.3 is 0 Å². The average molecular weight is 233 g/mol. The van der Waals surface area contributed by atoms with Crippen LogP contribution >= 0.6 is 15.9 Å². The third-order valence-electron chi connectivity index (χ3n) is 1.68. The summed E-state index contributed by atoms with van der Waals surface area (Å²) in [4.78, 5) is 0. The van der Waals surface area contributed by atoms with E-state index < -0.39 is 0 Å². The molecule has 0 saturated carbocycles. The van der Waals surface area contributed by atoms with Crippen LogP contribution in [-0.2, 0) is 4.74 Å². The van der Waals surface area contributed by atoms with Crippen molar-refractivity contribution in [3.63, 3.8) is 0 Å². The zero-order valence-corrected chi connectivity index (χ0v) is 8.34. The summed E-state index contributed by atoms with van der Waals surface area (Å²) in [5, 5.41) is 0.602. The van der Waals surface area contributed by atoms with E-state index in [0.29, 0.717) is 10.9 Å². The van der Waals surface area contributed by atoms with Crippen molar-refractivity contribution in [3.8, 4) is 0 Å². The molecular formula is C9H10BrFO. The van der Waals surface area contributed by atoms with Crippen LogP contribution in [0.2, 0.25) is 0 Å². The smallest absolute Gasteiger partial charge is 0.129 e. The second-order valence-corrected chi connectivity index (χ2v) is 3.05. The molecule has 0 N–H and O–H groups in total. The molecule has 12 heavy (non-hydrogen) atoms. The van der Waals surface area contributed by atoms with Gasteiger partial charge in [0.2, 0.25) is 0 Å². The highest BCUT2D eigenvalue weighted by Gasteiger charge is 2.12. The number of hydrogen-bond donors (Lipinski definition) is 0. The van der Waals surface area contributed by atoms with Crippen molar-refractivity contribution in [2.24, 2.45) is 0 Å². The van der Waals surface area contributed by atoms with E-state index in [0.717, 1.165) is 0 Å². The molecular weight excluding hydrogens is 223 g/mol. The predicted octanol–water partition coefficient (Wildman–Crippen LogP) is 2.91. The highest BCUT2D eigenvalue weighted by Crippen LogP contribution is 2.21. The van der Waals surface area contributed by atoms with Gasteiger partial charge in [-0.2, -0.15) is 0 Å². The van der Waals surface area contributed by atoms with Crippen molar-refractivity contribution in [1.29, 1.82) is 0 Å². The Morgan fingerprint density at radius 3 is 2.67 bits per heavy atom. The molecule has 0 aliphatic heterocycles. The Bertz CT molecular complexity index is 248. The molecule has 0 amide bonds. The van der Waals surface area contributed by atoms with Crippen molar-refractivity contribution in [2.45, 2.75) is 6.10 Å². The molecule has 0 heterocycles. The van der Waals surface area contributed by atoms with Crippen LogP contribution in [0.15, 0.2) is 24.3 Å². The fraction of sp³-hybridized carbons (Fsp3) is 0.333. The Kier molecular flexibility index (Phi) is 3.69. The molecule has 1 nitrogen and oxygen atoms in total. The predicted molar refractivity (Wildman–Crippen MR) is 49.9 cm³/mol. The van der Waals surface area contributed by atoms with Crippen LogP contribution in [0.5, 0.6) is 0 Å². The van der Waals surface area contributed by atoms with Crippen molar-refractivity contribution in [2.75, 3.05) is 12.4 Å². The summed E-state index contributed by atoms with van der Waals surface area (Å²) in [6, 6.07) is 6.63. The molecule has 0 unspecified atom stereocenters.